The Morgan fingerprint density at radius 2 is 0.433 bits per heavy atom. The summed E-state index contributed by atoms with van der Waals surface area (Å²) in [4.78, 5) is 72.9. The van der Waals surface area contributed by atoms with Crippen molar-refractivity contribution >= 4 is 39.5 Å². The number of esters is 4. The van der Waals surface area contributed by atoms with Gasteiger partial charge in [0, 0.05) is 25.7 Å². The third-order valence-electron chi connectivity index (χ3n) is 18.1. The molecular formula is C78H152O17P2. The second-order valence-corrected chi connectivity index (χ2v) is 32.9. The molecular weight excluding hydrogens is 1270 g/mol. The Bertz CT molecular complexity index is 1900. The summed E-state index contributed by atoms with van der Waals surface area (Å²) in [5.41, 5.74) is 0. The lowest BCUT2D eigenvalue weighted by atomic mass is 10.0. The summed E-state index contributed by atoms with van der Waals surface area (Å²) >= 11 is 0. The van der Waals surface area contributed by atoms with E-state index in [1.54, 1.807) is 0 Å². The summed E-state index contributed by atoms with van der Waals surface area (Å²) in [6.45, 7) is 14.2. The number of ether oxygens (including phenoxy) is 4. The number of hydrogen-bond acceptors (Lipinski definition) is 15. The van der Waals surface area contributed by atoms with E-state index < -0.39 is 97.5 Å². The molecule has 3 unspecified atom stereocenters. The highest BCUT2D eigenvalue weighted by Crippen LogP contribution is 2.45. The van der Waals surface area contributed by atoms with Gasteiger partial charge in [-0.25, -0.2) is 9.13 Å². The van der Waals surface area contributed by atoms with E-state index in [-0.39, 0.29) is 25.7 Å². The van der Waals surface area contributed by atoms with E-state index in [9.17, 15) is 43.2 Å². The maximum Gasteiger partial charge on any atom is 0.472 e. The van der Waals surface area contributed by atoms with Crippen LogP contribution in [-0.2, 0) is 65.4 Å². The first-order chi connectivity index (χ1) is 46.6. The Labute approximate surface area is 594 Å². The fourth-order valence-electron chi connectivity index (χ4n) is 11.9. The van der Waals surface area contributed by atoms with Crippen LogP contribution >= 0.6 is 15.6 Å². The summed E-state index contributed by atoms with van der Waals surface area (Å²) in [5.74, 6) is 0.931. The normalized spacial score (nSPS) is 14.1. The predicted octanol–water partition coefficient (Wildman–Crippen LogP) is 22.8. The molecule has 0 aromatic heterocycles. The molecule has 0 bridgehead atoms. The zero-order valence-corrected chi connectivity index (χ0v) is 65.5. The lowest BCUT2D eigenvalue weighted by Crippen LogP contribution is -2.30. The molecule has 17 nitrogen and oxygen atoms in total. The van der Waals surface area contributed by atoms with Crippen molar-refractivity contribution in [2.75, 3.05) is 39.6 Å². The molecule has 0 fully saturated rings. The molecule has 3 N–H and O–H groups in total. The molecule has 0 radical (unpaired) electrons. The van der Waals surface area contributed by atoms with Crippen LogP contribution in [0.4, 0.5) is 0 Å². The van der Waals surface area contributed by atoms with Crippen molar-refractivity contribution in [3.8, 4) is 0 Å². The molecule has 576 valence electrons. The molecule has 0 aliphatic carbocycles. The van der Waals surface area contributed by atoms with E-state index in [4.69, 9.17) is 37.0 Å². The van der Waals surface area contributed by atoms with Gasteiger partial charge in [-0.05, 0) is 49.4 Å². The van der Waals surface area contributed by atoms with Gasteiger partial charge in [-0.1, -0.05) is 344 Å². The minimum atomic E-state index is -4.96. The number of rotatable bonds is 75. The van der Waals surface area contributed by atoms with Crippen LogP contribution in [0.2, 0.25) is 0 Å². The molecule has 19 heteroatoms. The van der Waals surface area contributed by atoms with E-state index >= 15 is 0 Å². The second-order valence-electron chi connectivity index (χ2n) is 30.0. The molecule has 0 saturated heterocycles. The zero-order chi connectivity index (χ0) is 71.7. The fourth-order valence-corrected chi connectivity index (χ4v) is 13.5. The van der Waals surface area contributed by atoms with Gasteiger partial charge in [0.1, 0.15) is 19.3 Å². The smallest absolute Gasteiger partial charge is 0.462 e. The van der Waals surface area contributed by atoms with Crippen molar-refractivity contribution in [3.63, 3.8) is 0 Å². The Kier molecular flexibility index (Phi) is 65.9. The Balaban J connectivity index is 5.24. The number of carbonyl (C=O) groups excluding carboxylic acids is 4. The van der Waals surface area contributed by atoms with Crippen LogP contribution in [0.15, 0.2) is 0 Å². The number of aliphatic hydroxyl groups excluding tert-OH is 1. The topological polar surface area (TPSA) is 237 Å². The largest absolute Gasteiger partial charge is 0.472 e. The quantitative estimate of drug-likeness (QED) is 0.0222. The van der Waals surface area contributed by atoms with Crippen LogP contribution in [0.1, 0.15) is 396 Å². The maximum absolute atomic E-state index is 13.1. The molecule has 0 aromatic carbocycles. The van der Waals surface area contributed by atoms with Crippen molar-refractivity contribution in [2.24, 2.45) is 23.7 Å². The van der Waals surface area contributed by atoms with Crippen LogP contribution in [-0.4, -0.2) is 96.7 Å². The molecule has 0 amide bonds. The van der Waals surface area contributed by atoms with E-state index in [0.717, 1.165) is 114 Å². The summed E-state index contributed by atoms with van der Waals surface area (Å²) in [6, 6.07) is 0. The number of hydrogen-bond donors (Lipinski definition) is 3. The van der Waals surface area contributed by atoms with Gasteiger partial charge in [-0.15, -0.1) is 0 Å². The van der Waals surface area contributed by atoms with E-state index in [1.807, 2.05) is 0 Å². The summed E-state index contributed by atoms with van der Waals surface area (Å²) in [7, 11) is -9.92. The van der Waals surface area contributed by atoms with Gasteiger partial charge in [0.2, 0.25) is 0 Å². The lowest BCUT2D eigenvalue weighted by molar-refractivity contribution is -0.161. The zero-order valence-electron chi connectivity index (χ0n) is 63.7. The first-order valence-electron chi connectivity index (χ1n) is 40.2. The van der Waals surface area contributed by atoms with Crippen LogP contribution in [0.3, 0.4) is 0 Å². The molecule has 0 saturated carbocycles. The summed E-state index contributed by atoms with van der Waals surface area (Å²) < 4.78 is 68.6. The molecule has 0 aromatic rings. The van der Waals surface area contributed by atoms with E-state index in [1.165, 1.54) is 193 Å². The van der Waals surface area contributed by atoms with Crippen molar-refractivity contribution in [1.82, 2.24) is 0 Å². The maximum atomic E-state index is 13.1. The summed E-state index contributed by atoms with van der Waals surface area (Å²) in [5, 5.41) is 10.6. The molecule has 0 aliphatic heterocycles. The van der Waals surface area contributed by atoms with Crippen LogP contribution in [0, 0.1) is 23.7 Å². The van der Waals surface area contributed by atoms with Gasteiger partial charge in [0.05, 0.1) is 26.4 Å². The Morgan fingerprint density at radius 1 is 0.258 bits per heavy atom. The first-order valence-corrected chi connectivity index (χ1v) is 43.2. The average Bonchev–Trinajstić information content (AvgIpc) is 1.53. The molecule has 0 aliphatic rings. The fraction of sp³-hybridized carbons (Fsp3) is 0.949. The van der Waals surface area contributed by atoms with Crippen LogP contribution in [0.25, 0.3) is 0 Å². The third-order valence-corrected chi connectivity index (χ3v) is 20.0. The SMILES string of the molecule is CC(C)CCCCCCCCCCCCCCCCCC(=O)OC[C@H](COP(=O)(O)OCC(O)COP(=O)(O)OC[C@@H](COC(=O)CCCCCCCCCC(C)C)OC(=O)CCCCCCCCCCCCC(C)C)OC(=O)CCCCCCCCCCCCCCCC(C)C. The monoisotopic (exact) mass is 1420 g/mol. The Morgan fingerprint density at radius 3 is 0.639 bits per heavy atom. The number of unbranched alkanes of at least 4 members (excludes halogenated alkanes) is 41. The third kappa shape index (κ3) is 72.2. The van der Waals surface area contributed by atoms with Crippen LogP contribution in [0.5, 0.6) is 0 Å². The van der Waals surface area contributed by atoms with Crippen molar-refractivity contribution < 1.29 is 80.2 Å². The molecule has 97 heavy (non-hydrogen) atoms. The Hall–Kier alpha value is -1.94. The minimum absolute atomic E-state index is 0.105. The van der Waals surface area contributed by atoms with Gasteiger partial charge >= 0.3 is 39.5 Å². The van der Waals surface area contributed by atoms with Crippen molar-refractivity contribution in [1.29, 1.82) is 0 Å². The first kappa shape index (κ1) is 95.1. The lowest BCUT2D eigenvalue weighted by Gasteiger charge is -2.21. The highest BCUT2D eigenvalue weighted by molar-refractivity contribution is 7.47. The number of phosphoric ester groups is 2. The molecule has 5 atom stereocenters. The molecule has 0 spiro atoms. The van der Waals surface area contributed by atoms with Crippen molar-refractivity contribution in [3.05, 3.63) is 0 Å². The predicted molar refractivity (Wildman–Crippen MR) is 395 cm³/mol. The number of phosphoric acid groups is 2. The highest BCUT2D eigenvalue weighted by Gasteiger charge is 2.30. The second kappa shape index (κ2) is 67.2. The standard InChI is InChI=1S/C78H152O17P2/c1-68(2)54-46-38-30-23-17-13-10-9-11-15-19-26-34-42-50-58-75(80)88-64-73(94-77(82)60-52-44-35-27-20-16-12-14-18-24-31-39-47-55-69(3)4)66-92-96(84,85)90-62-72(79)63-91-97(86,87)93-67-74(65-89-76(81)59-51-43-37-29-33-41-49-57-71(7)8)95-78(83)61-53-45-36-28-22-21-25-32-40-48-56-70(5)6/h68-74,79H,9-67H2,1-8H3,(H,84,85)(H,86,87)/t72?,73-,74-/m1/s1. The van der Waals surface area contributed by atoms with E-state index in [2.05, 4.69) is 55.4 Å². The molecule has 0 rings (SSSR count). The molecule has 0 heterocycles. The highest BCUT2D eigenvalue weighted by atomic mass is 31.2. The number of carbonyl (C=O) groups is 4. The van der Waals surface area contributed by atoms with Gasteiger partial charge in [0.25, 0.3) is 0 Å². The van der Waals surface area contributed by atoms with Gasteiger partial charge in [-0.3, -0.25) is 37.3 Å². The van der Waals surface area contributed by atoms with Gasteiger partial charge in [0.15, 0.2) is 12.2 Å². The van der Waals surface area contributed by atoms with E-state index in [0.29, 0.717) is 31.6 Å². The minimum Gasteiger partial charge on any atom is -0.462 e. The number of aliphatic hydroxyl groups is 1. The van der Waals surface area contributed by atoms with Gasteiger partial charge in [-0.2, -0.15) is 0 Å². The van der Waals surface area contributed by atoms with Crippen molar-refractivity contribution in [2.45, 2.75) is 414 Å². The summed E-state index contributed by atoms with van der Waals surface area (Å²) in [6.07, 6.45) is 52.8. The average molecular weight is 1420 g/mol. The van der Waals surface area contributed by atoms with Crippen LogP contribution < -0.4 is 0 Å². The van der Waals surface area contributed by atoms with Gasteiger partial charge < -0.3 is 33.8 Å².